The van der Waals surface area contributed by atoms with Gasteiger partial charge < -0.3 is 19.5 Å². The van der Waals surface area contributed by atoms with Crippen molar-refractivity contribution < 1.29 is 28.6 Å². The number of methoxy groups -OCH3 is 1. The van der Waals surface area contributed by atoms with Crippen molar-refractivity contribution in [3.8, 4) is 11.5 Å². The number of imide groups is 1. The predicted molar refractivity (Wildman–Crippen MR) is 84.8 cm³/mol. The van der Waals surface area contributed by atoms with Gasteiger partial charge in [0, 0.05) is 0 Å². The Morgan fingerprint density at radius 3 is 2.58 bits per heavy atom. The van der Waals surface area contributed by atoms with E-state index in [9.17, 15) is 14.4 Å². The highest BCUT2D eigenvalue weighted by Gasteiger charge is 2.23. The van der Waals surface area contributed by atoms with Gasteiger partial charge in [0.15, 0.2) is 18.1 Å². The van der Waals surface area contributed by atoms with Crippen LogP contribution in [0.1, 0.15) is 12.5 Å². The predicted octanol–water partition coefficient (Wildman–Crippen LogP) is 1.47. The molecule has 0 bridgehead atoms. The van der Waals surface area contributed by atoms with Gasteiger partial charge in [0.05, 0.1) is 18.7 Å². The zero-order valence-corrected chi connectivity index (χ0v) is 13.7. The Kier molecular flexibility index (Phi) is 5.64. The lowest BCUT2D eigenvalue weighted by molar-refractivity contribution is -0.142. The van der Waals surface area contributed by atoms with E-state index >= 15 is 0 Å². The lowest BCUT2D eigenvalue weighted by atomic mass is 10.1. The zero-order valence-electron chi connectivity index (χ0n) is 13.0. The van der Waals surface area contributed by atoms with Gasteiger partial charge in [0.1, 0.15) is 5.70 Å². The third kappa shape index (κ3) is 4.17. The third-order valence-corrected chi connectivity index (χ3v) is 3.21. The first-order chi connectivity index (χ1) is 11.4. The lowest BCUT2D eigenvalue weighted by Gasteiger charge is -2.14. The summed E-state index contributed by atoms with van der Waals surface area (Å²) in [6.45, 7) is 1.78. The van der Waals surface area contributed by atoms with E-state index in [1.54, 1.807) is 13.0 Å². The minimum atomic E-state index is -0.597. The summed E-state index contributed by atoms with van der Waals surface area (Å²) in [7, 11) is 1.24. The number of urea groups is 1. The SMILES string of the molecule is CCOc1cc(/C=C2/NC(=O)NC2=O)cc(Cl)c1OCC(=O)OC. The minimum absolute atomic E-state index is 0.0849. The number of amides is 3. The summed E-state index contributed by atoms with van der Waals surface area (Å²) in [5.74, 6) is -0.624. The van der Waals surface area contributed by atoms with Crippen molar-refractivity contribution in [3.05, 3.63) is 28.4 Å². The number of hydrogen-bond donors (Lipinski definition) is 2. The van der Waals surface area contributed by atoms with Crippen LogP contribution >= 0.6 is 11.6 Å². The van der Waals surface area contributed by atoms with Crippen molar-refractivity contribution in [3.63, 3.8) is 0 Å². The monoisotopic (exact) mass is 354 g/mol. The van der Waals surface area contributed by atoms with Crippen molar-refractivity contribution in [1.29, 1.82) is 0 Å². The standard InChI is InChI=1S/C15H15ClN2O6/c1-3-23-11-6-8(5-10-14(20)18-15(21)17-10)4-9(16)13(11)24-7-12(19)22-2/h4-6H,3,7H2,1-2H3,(H2,17,18,20,21)/b10-5+. The molecule has 0 aliphatic carbocycles. The molecule has 1 aromatic rings. The Morgan fingerprint density at radius 2 is 2.00 bits per heavy atom. The molecule has 0 atom stereocenters. The number of benzene rings is 1. The molecule has 2 N–H and O–H groups in total. The fourth-order valence-corrected chi connectivity index (χ4v) is 2.19. The maximum absolute atomic E-state index is 11.6. The molecule has 2 rings (SSSR count). The van der Waals surface area contributed by atoms with E-state index in [1.165, 1.54) is 19.3 Å². The molecular formula is C15H15ClN2O6. The molecule has 8 nitrogen and oxygen atoms in total. The summed E-state index contributed by atoms with van der Waals surface area (Å²) in [5.41, 5.74) is 0.600. The Morgan fingerprint density at radius 1 is 1.25 bits per heavy atom. The Labute approximate surface area is 142 Å². The van der Waals surface area contributed by atoms with Crippen LogP contribution in [0.25, 0.3) is 6.08 Å². The highest BCUT2D eigenvalue weighted by atomic mass is 35.5. The van der Waals surface area contributed by atoms with Crippen LogP contribution < -0.4 is 20.1 Å². The van der Waals surface area contributed by atoms with Crippen molar-refractivity contribution >= 4 is 35.6 Å². The maximum Gasteiger partial charge on any atom is 0.343 e. The number of carbonyl (C=O) groups is 3. The molecule has 1 aliphatic rings. The minimum Gasteiger partial charge on any atom is -0.490 e. The highest BCUT2D eigenvalue weighted by molar-refractivity contribution is 6.32. The van der Waals surface area contributed by atoms with E-state index in [1.807, 2.05) is 0 Å². The average molecular weight is 355 g/mol. The molecule has 0 aromatic heterocycles. The first kappa shape index (κ1) is 17.6. The fourth-order valence-electron chi connectivity index (χ4n) is 1.91. The van der Waals surface area contributed by atoms with Crippen LogP contribution in [0.15, 0.2) is 17.8 Å². The molecule has 0 unspecified atom stereocenters. The summed E-state index contributed by atoms with van der Waals surface area (Å²) < 4.78 is 15.3. The van der Waals surface area contributed by atoms with Gasteiger partial charge >= 0.3 is 12.0 Å². The van der Waals surface area contributed by atoms with Crippen LogP contribution in [0.2, 0.25) is 5.02 Å². The van der Waals surface area contributed by atoms with E-state index in [-0.39, 0.29) is 23.1 Å². The normalized spacial score (nSPS) is 15.0. The van der Waals surface area contributed by atoms with E-state index < -0.39 is 17.9 Å². The molecule has 9 heteroatoms. The fraction of sp³-hybridized carbons (Fsp3) is 0.267. The van der Waals surface area contributed by atoms with Crippen LogP contribution in [0.3, 0.4) is 0 Å². The highest BCUT2D eigenvalue weighted by Crippen LogP contribution is 2.37. The molecule has 1 saturated heterocycles. The van der Waals surface area contributed by atoms with E-state index in [0.717, 1.165) is 0 Å². The van der Waals surface area contributed by atoms with Gasteiger partial charge in [-0.2, -0.15) is 0 Å². The molecule has 3 amide bonds. The molecule has 1 aliphatic heterocycles. The van der Waals surface area contributed by atoms with Gasteiger partial charge in [0.25, 0.3) is 5.91 Å². The quantitative estimate of drug-likeness (QED) is 0.455. The van der Waals surface area contributed by atoms with Crippen LogP contribution in [0, 0.1) is 0 Å². The molecule has 0 radical (unpaired) electrons. The molecule has 1 heterocycles. The number of ether oxygens (including phenoxy) is 3. The summed E-state index contributed by atoms with van der Waals surface area (Å²) >= 11 is 6.17. The lowest BCUT2D eigenvalue weighted by Crippen LogP contribution is -2.22. The first-order valence-corrected chi connectivity index (χ1v) is 7.32. The third-order valence-electron chi connectivity index (χ3n) is 2.92. The first-order valence-electron chi connectivity index (χ1n) is 6.94. The van der Waals surface area contributed by atoms with Crippen molar-refractivity contribution in [1.82, 2.24) is 10.6 Å². The number of halogens is 1. The number of esters is 1. The second kappa shape index (κ2) is 7.69. The van der Waals surface area contributed by atoms with Gasteiger partial charge in [-0.25, -0.2) is 9.59 Å². The number of hydrogen-bond acceptors (Lipinski definition) is 6. The van der Waals surface area contributed by atoms with E-state index in [2.05, 4.69) is 15.4 Å². The zero-order chi connectivity index (χ0) is 17.7. The number of nitrogens with one attached hydrogen (secondary N) is 2. The summed E-state index contributed by atoms with van der Waals surface area (Å²) in [5, 5.41) is 4.65. The Hall–Kier alpha value is -2.74. The topological polar surface area (TPSA) is 103 Å². The van der Waals surface area contributed by atoms with Crippen molar-refractivity contribution in [2.45, 2.75) is 6.92 Å². The second-order valence-electron chi connectivity index (χ2n) is 4.59. The van der Waals surface area contributed by atoms with Gasteiger partial charge in [0.2, 0.25) is 0 Å². The second-order valence-corrected chi connectivity index (χ2v) is 5.00. The molecular weight excluding hydrogens is 340 g/mol. The van der Waals surface area contributed by atoms with Gasteiger partial charge in [-0.3, -0.25) is 10.1 Å². The average Bonchev–Trinajstić information content (AvgIpc) is 2.84. The van der Waals surface area contributed by atoms with E-state index in [0.29, 0.717) is 17.9 Å². The molecule has 1 aromatic carbocycles. The Bertz CT molecular complexity index is 716. The summed E-state index contributed by atoms with van der Waals surface area (Å²) in [4.78, 5) is 33.9. The largest absolute Gasteiger partial charge is 0.490 e. The van der Waals surface area contributed by atoms with Crippen LogP contribution in [0.4, 0.5) is 4.79 Å². The van der Waals surface area contributed by atoms with Crippen LogP contribution in [-0.2, 0) is 14.3 Å². The van der Waals surface area contributed by atoms with Gasteiger partial charge in [-0.1, -0.05) is 11.6 Å². The number of rotatable bonds is 6. The number of carbonyl (C=O) groups excluding carboxylic acids is 3. The maximum atomic E-state index is 11.6. The van der Waals surface area contributed by atoms with Gasteiger partial charge in [-0.15, -0.1) is 0 Å². The van der Waals surface area contributed by atoms with Crippen LogP contribution in [0.5, 0.6) is 11.5 Å². The van der Waals surface area contributed by atoms with Crippen molar-refractivity contribution in [2.24, 2.45) is 0 Å². The molecule has 1 fully saturated rings. The molecule has 0 saturated carbocycles. The van der Waals surface area contributed by atoms with Crippen molar-refractivity contribution in [2.75, 3.05) is 20.3 Å². The molecule has 128 valence electrons. The van der Waals surface area contributed by atoms with Gasteiger partial charge in [-0.05, 0) is 30.7 Å². The Balaban J connectivity index is 2.32. The van der Waals surface area contributed by atoms with E-state index in [4.69, 9.17) is 21.1 Å². The summed E-state index contributed by atoms with van der Waals surface area (Å²) in [6.07, 6.45) is 1.44. The van der Waals surface area contributed by atoms with Crippen LogP contribution in [-0.4, -0.2) is 38.2 Å². The smallest absolute Gasteiger partial charge is 0.343 e. The molecule has 0 spiro atoms. The summed E-state index contributed by atoms with van der Waals surface area (Å²) in [6, 6.07) is 2.49. The molecule has 24 heavy (non-hydrogen) atoms.